The highest BCUT2D eigenvalue weighted by Crippen LogP contribution is 2.61. The van der Waals surface area contributed by atoms with Gasteiger partial charge in [-0.3, -0.25) is 14.4 Å². The first-order valence-electron chi connectivity index (χ1n) is 24.2. The number of halogens is 14. The van der Waals surface area contributed by atoms with E-state index in [1.54, 1.807) is 71.7 Å². The van der Waals surface area contributed by atoms with Gasteiger partial charge in [-0.15, -0.1) is 11.6 Å². The Bertz CT molecular complexity index is 2090. The Morgan fingerprint density at radius 2 is 1.08 bits per heavy atom. The number of hydrogen-bond donors (Lipinski definition) is 0. The first-order valence-corrected chi connectivity index (χ1v) is 24.8. The molecule has 0 aromatic heterocycles. The lowest BCUT2D eigenvalue weighted by Gasteiger charge is -2.52. The second-order valence-corrected chi connectivity index (χ2v) is 23.2. The third kappa shape index (κ3) is 14.4. The van der Waals surface area contributed by atoms with Gasteiger partial charge in [0.2, 0.25) is 0 Å². The van der Waals surface area contributed by atoms with E-state index in [2.05, 4.69) is 0 Å². The van der Waals surface area contributed by atoms with Crippen molar-refractivity contribution in [2.75, 3.05) is 13.2 Å². The van der Waals surface area contributed by atoms with E-state index in [1.165, 1.54) is 13.8 Å². The smallest absolute Gasteiger partial charge is 0.460 e. The highest BCUT2D eigenvalue weighted by molar-refractivity contribution is 6.17. The number of hydroxylamine groups is 2. The molecule has 0 amide bonds. The molecule has 20 heteroatoms. The number of benzene rings is 2. The van der Waals surface area contributed by atoms with Gasteiger partial charge < -0.3 is 9.47 Å². The normalized spacial score (nSPS) is 16.1. The van der Waals surface area contributed by atoms with Gasteiger partial charge in [-0.1, -0.05) is 130 Å². The van der Waals surface area contributed by atoms with E-state index in [4.69, 9.17) is 25.9 Å². The molecule has 0 saturated carbocycles. The summed E-state index contributed by atoms with van der Waals surface area (Å²) in [5, 5.41) is 1.62. The lowest BCUT2D eigenvalue weighted by Crippen LogP contribution is -2.70. The van der Waals surface area contributed by atoms with Crippen molar-refractivity contribution in [1.29, 1.82) is 0 Å². The molecule has 73 heavy (non-hydrogen) atoms. The zero-order chi connectivity index (χ0) is 57.0. The van der Waals surface area contributed by atoms with Crippen LogP contribution in [0.25, 0.3) is 0 Å². The number of esters is 2. The minimum Gasteiger partial charge on any atom is -0.465 e. The van der Waals surface area contributed by atoms with Gasteiger partial charge in [0, 0.05) is 11.4 Å². The SMILES string of the molecule is CCCCOC(=O)C(CC(C)(C)C(C)c1ccc(CCl)cc1)C(C)(C)C(C)(C)CC(C(=O)OCCC(F)(F)C(F)(F)C(F)(F)C(F)(F)C(F)(F)C(F)(F)F)C(C)(C)ON(C(c1ccccc1)C(C)C)C(C)(C)C. The van der Waals surface area contributed by atoms with Crippen molar-refractivity contribution in [2.45, 2.75) is 201 Å². The van der Waals surface area contributed by atoms with Gasteiger partial charge in [-0.2, -0.15) is 62.1 Å². The predicted molar refractivity (Wildman–Crippen MR) is 255 cm³/mol. The van der Waals surface area contributed by atoms with Crippen LogP contribution < -0.4 is 0 Å². The molecule has 0 aliphatic rings. The fraction of sp³-hybridized carbons (Fsp3) is 0.736. The lowest BCUT2D eigenvalue weighted by molar-refractivity contribution is -0.440. The maximum Gasteiger partial charge on any atom is 0.460 e. The van der Waals surface area contributed by atoms with Crippen molar-refractivity contribution in [3.8, 4) is 0 Å². The third-order valence-electron chi connectivity index (χ3n) is 14.7. The number of carbonyl (C=O) groups excluding carboxylic acids is 2. The van der Waals surface area contributed by atoms with E-state index in [1.807, 2.05) is 77.9 Å². The lowest BCUT2D eigenvalue weighted by atomic mass is 9.54. The van der Waals surface area contributed by atoms with Gasteiger partial charge in [0.05, 0.1) is 43.1 Å². The minimum atomic E-state index is -8.08. The zero-order valence-corrected chi connectivity index (χ0v) is 45.3. The number of unbranched alkanes of at least 4 members (excludes halogenated alkanes) is 1. The molecule has 4 atom stereocenters. The average molecular weight is 1090 g/mol. The van der Waals surface area contributed by atoms with E-state index in [9.17, 15) is 57.9 Å². The predicted octanol–water partition coefficient (Wildman–Crippen LogP) is 16.8. The van der Waals surface area contributed by atoms with Crippen LogP contribution in [0.2, 0.25) is 0 Å². The van der Waals surface area contributed by atoms with Gasteiger partial charge in [0.25, 0.3) is 0 Å². The van der Waals surface area contributed by atoms with Gasteiger partial charge >= 0.3 is 47.7 Å². The molecule has 0 N–H and O–H groups in total. The highest BCUT2D eigenvalue weighted by Gasteiger charge is 2.90. The van der Waals surface area contributed by atoms with Crippen LogP contribution in [-0.2, 0) is 29.8 Å². The number of carbonyl (C=O) groups is 2. The van der Waals surface area contributed by atoms with Crippen LogP contribution in [0.1, 0.15) is 165 Å². The first-order chi connectivity index (χ1) is 32.8. The molecule has 2 aromatic carbocycles. The Balaban J connectivity index is 2.82. The molecule has 0 bridgehead atoms. The van der Waals surface area contributed by atoms with Crippen molar-refractivity contribution in [3.05, 3.63) is 71.3 Å². The summed E-state index contributed by atoms with van der Waals surface area (Å²) in [7, 11) is 0. The molecule has 0 aliphatic heterocycles. The summed E-state index contributed by atoms with van der Waals surface area (Å²) in [6.07, 6.45) is -9.17. The Morgan fingerprint density at radius 1 is 0.603 bits per heavy atom. The fourth-order valence-corrected chi connectivity index (χ4v) is 8.85. The van der Waals surface area contributed by atoms with Crippen molar-refractivity contribution in [1.82, 2.24) is 5.06 Å². The Morgan fingerprint density at radius 3 is 1.53 bits per heavy atom. The third-order valence-corrected chi connectivity index (χ3v) is 15.0. The number of hydrogen-bond acceptors (Lipinski definition) is 6. The van der Waals surface area contributed by atoms with E-state index >= 15 is 8.78 Å². The standard InChI is InChI=1S/C53H75ClF13NO5/c1-16-17-28-71-41(69)38(30-44(8,9)34(4)36-25-23-35(32-54)24-26-36)46(12,13)45(10,11)31-39(47(14,15)73-68(43(5,6)7)40(33(2)3)37-21-19-18-20-22-37)42(70)72-29-27-48(55,56)49(57,58)50(59,60)51(61,62)52(63,64)53(65,66)67/h18-26,33-34,38-40H,16-17,27-32H2,1-15H3. The summed E-state index contributed by atoms with van der Waals surface area (Å²) in [6, 6.07) is 16.2. The molecule has 0 spiro atoms. The summed E-state index contributed by atoms with van der Waals surface area (Å²) in [5.74, 6) is -42.6. The van der Waals surface area contributed by atoms with Crippen LogP contribution in [0.4, 0.5) is 57.1 Å². The molecular formula is C53H75ClF13NO5. The van der Waals surface area contributed by atoms with Crippen molar-refractivity contribution < 1.29 is 81.0 Å². The van der Waals surface area contributed by atoms with Crippen LogP contribution in [-0.4, -0.2) is 77.1 Å². The largest absolute Gasteiger partial charge is 0.465 e. The fourth-order valence-electron chi connectivity index (χ4n) is 8.67. The summed E-state index contributed by atoms with van der Waals surface area (Å²) in [6.45, 7) is 25.1. The number of nitrogens with zero attached hydrogens (tertiary/aromatic N) is 1. The molecule has 0 radical (unpaired) electrons. The topological polar surface area (TPSA) is 65.1 Å². The van der Waals surface area contributed by atoms with Gasteiger partial charge in [-0.25, -0.2) is 0 Å². The van der Waals surface area contributed by atoms with Crippen LogP contribution in [0, 0.1) is 34.0 Å². The second-order valence-electron chi connectivity index (χ2n) is 22.9. The summed E-state index contributed by atoms with van der Waals surface area (Å²) in [5.41, 5.74) is -3.05. The maximum atomic E-state index is 15.1. The zero-order valence-electron chi connectivity index (χ0n) is 44.5. The van der Waals surface area contributed by atoms with Crippen LogP contribution >= 0.6 is 11.6 Å². The molecular weight excluding hydrogens is 1010 g/mol. The summed E-state index contributed by atoms with van der Waals surface area (Å²) >= 11 is 6.04. The molecule has 0 fully saturated rings. The Kier molecular flexibility index (Phi) is 21.2. The summed E-state index contributed by atoms with van der Waals surface area (Å²) in [4.78, 5) is 35.9. The Hall–Kier alpha value is -3.32. The minimum absolute atomic E-state index is 0.0904. The monoisotopic (exact) mass is 1090 g/mol. The van der Waals surface area contributed by atoms with Crippen molar-refractivity contribution >= 4 is 23.5 Å². The van der Waals surface area contributed by atoms with Crippen molar-refractivity contribution in [3.63, 3.8) is 0 Å². The van der Waals surface area contributed by atoms with Crippen LogP contribution in [0.3, 0.4) is 0 Å². The number of rotatable bonds is 27. The average Bonchev–Trinajstić information content (AvgIpc) is 3.25. The molecule has 2 rings (SSSR count). The van der Waals surface area contributed by atoms with Crippen LogP contribution in [0.15, 0.2) is 54.6 Å². The van der Waals surface area contributed by atoms with E-state index < -0.39 is 106 Å². The van der Waals surface area contributed by atoms with Gasteiger partial charge in [-0.05, 0) is 98.7 Å². The Labute approximate surface area is 427 Å². The molecule has 6 nitrogen and oxygen atoms in total. The maximum absolute atomic E-state index is 15.1. The molecule has 420 valence electrons. The van der Waals surface area contributed by atoms with E-state index in [0.29, 0.717) is 18.7 Å². The summed E-state index contributed by atoms with van der Waals surface area (Å²) < 4.78 is 193. The van der Waals surface area contributed by atoms with Crippen LogP contribution in [0.5, 0.6) is 0 Å². The second kappa shape index (κ2) is 23.5. The highest BCUT2D eigenvalue weighted by atomic mass is 35.5. The van der Waals surface area contributed by atoms with Crippen molar-refractivity contribution in [2.24, 2.45) is 34.0 Å². The quantitative estimate of drug-likeness (QED) is 0.0292. The molecule has 0 heterocycles. The van der Waals surface area contributed by atoms with E-state index in [0.717, 1.165) is 16.7 Å². The molecule has 0 saturated heterocycles. The van der Waals surface area contributed by atoms with Gasteiger partial charge in [0.15, 0.2) is 0 Å². The molecule has 2 aromatic rings. The molecule has 0 aliphatic carbocycles. The number of alkyl halides is 14. The van der Waals surface area contributed by atoms with E-state index in [-0.39, 0.29) is 31.3 Å². The van der Waals surface area contributed by atoms with Gasteiger partial charge in [0.1, 0.15) is 0 Å². The molecule has 4 unspecified atom stereocenters. The number of ether oxygens (including phenoxy) is 2. The first kappa shape index (κ1) is 65.8.